The Morgan fingerprint density at radius 1 is 1.42 bits per heavy atom. The van der Waals surface area contributed by atoms with Crippen LogP contribution in [0.1, 0.15) is 36.3 Å². The number of carbonyl (C=O) groups is 1. The minimum atomic E-state index is -0.530. The van der Waals surface area contributed by atoms with E-state index in [0.29, 0.717) is 13.1 Å². The minimum Gasteiger partial charge on any atom is -0.392 e. The standard InChI is InChI=1S/C13H23N3O2S/c1-8(2)16(7-9(3)17)13(18)14-6-12-15-10(4)11(5)19-12/h8-9,17H,6-7H2,1-5H3,(H,14,18). The number of aryl methyl sites for hydroxylation is 2. The molecule has 1 unspecified atom stereocenters. The number of hydrogen-bond acceptors (Lipinski definition) is 4. The highest BCUT2D eigenvalue weighted by Crippen LogP contribution is 2.16. The van der Waals surface area contributed by atoms with Gasteiger partial charge in [0.2, 0.25) is 0 Å². The monoisotopic (exact) mass is 285 g/mol. The highest BCUT2D eigenvalue weighted by molar-refractivity contribution is 7.11. The summed E-state index contributed by atoms with van der Waals surface area (Å²) >= 11 is 1.60. The fourth-order valence-corrected chi connectivity index (χ4v) is 2.55. The van der Waals surface area contributed by atoms with Crippen LogP contribution >= 0.6 is 11.3 Å². The van der Waals surface area contributed by atoms with Gasteiger partial charge >= 0.3 is 6.03 Å². The van der Waals surface area contributed by atoms with Crippen molar-refractivity contribution in [1.82, 2.24) is 15.2 Å². The van der Waals surface area contributed by atoms with E-state index in [1.807, 2.05) is 27.7 Å². The lowest BCUT2D eigenvalue weighted by Crippen LogP contribution is -2.46. The predicted octanol–water partition coefficient (Wildman–Crippen LogP) is 2.06. The van der Waals surface area contributed by atoms with E-state index in [4.69, 9.17) is 0 Å². The van der Waals surface area contributed by atoms with Crippen molar-refractivity contribution in [3.63, 3.8) is 0 Å². The van der Waals surface area contributed by atoms with Crippen LogP contribution in [0.3, 0.4) is 0 Å². The molecule has 1 aromatic heterocycles. The van der Waals surface area contributed by atoms with Crippen LogP contribution < -0.4 is 5.32 Å². The van der Waals surface area contributed by atoms with Crippen molar-refractivity contribution in [2.75, 3.05) is 6.54 Å². The summed E-state index contributed by atoms with van der Waals surface area (Å²) in [4.78, 5) is 19.2. The minimum absolute atomic E-state index is 0.0503. The lowest BCUT2D eigenvalue weighted by atomic mass is 10.3. The third kappa shape index (κ3) is 4.80. The van der Waals surface area contributed by atoms with Gasteiger partial charge in [-0.05, 0) is 34.6 Å². The SMILES string of the molecule is Cc1nc(CNC(=O)N(CC(C)O)C(C)C)sc1C. The zero-order valence-electron chi connectivity index (χ0n) is 12.2. The number of amides is 2. The van der Waals surface area contributed by atoms with Crippen LogP contribution in [0.4, 0.5) is 4.79 Å². The predicted molar refractivity (Wildman–Crippen MR) is 77.3 cm³/mol. The molecule has 0 aliphatic heterocycles. The number of rotatable bonds is 5. The van der Waals surface area contributed by atoms with Crippen LogP contribution in [0.5, 0.6) is 0 Å². The molecular formula is C13H23N3O2S. The van der Waals surface area contributed by atoms with Gasteiger partial charge in [-0.15, -0.1) is 11.3 Å². The zero-order chi connectivity index (χ0) is 14.6. The van der Waals surface area contributed by atoms with Gasteiger partial charge in [0.25, 0.3) is 0 Å². The van der Waals surface area contributed by atoms with Crippen molar-refractivity contribution in [3.05, 3.63) is 15.6 Å². The molecule has 0 aliphatic rings. The lowest BCUT2D eigenvalue weighted by Gasteiger charge is -2.27. The lowest BCUT2D eigenvalue weighted by molar-refractivity contribution is 0.118. The van der Waals surface area contributed by atoms with Crippen LogP contribution in [0.15, 0.2) is 0 Å². The summed E-state index contributed by atoms with van der Waals surface area (Å²) in [7, 11) is 0. The van der Waals surface area contributed by atoms with E-state index in [0.717, 1.165) is 10.7 Å². The third-order valence-electron chi connectivity index (χ3n) is 2.81. The fourth-order valence-electron chi connectivity index (χ4n) is 1.68. The molecule has 1 aromatic rings. The number of aliphatic hydroxyl groups is 1. The molecule has 1 heterocycles. The molecule has 1 rings (SSSR count). The molecule has 0 fully saturated rings. The third-order valence-corrected chi connectivity index (χ3v) is 3.88. The number of urea groups is 1. The van der Waals surface area contributed by atoms with E-state index >= 15 is 0 Å². The summed E-state index contributed by atoms with van der Waals surface area (Å²) < 4.78 is 0. The second kappa shape index (κ2) is 6.86. The van der Waals surface area contributed by atoms with Gasteiger partial charge in [-0.1, -0.05) is 0 Å². The second-order valence-electron chi connectivity index (χ2n) is 5.00. The second-order valence-corrected chi connectivity index (χ2v) is 6.29. The molecule has 0 spiro atoms. The van der Waals surface area contributed by atoms with Crippen molar-refractivity contribution in [1.29, 1.82) is 0 Å². The average molecular weight is 285 g/mol. The Balaban J connectivity index is 2.57. The molecule has 108 valence electrons. The molecule has 5 nitrogen and oxygen atoms in total. The summed E-state index contributed by atoms with van der Waals surface area (Å²) in [6.07, 6.45) is -0.530. The molecule has 1 atom stereocenters. The van der Waals surface area contributed by atoms with Crippen molar-refractivity contribution in [2.24, 2.45) is 0 Å². The first-order chi connectivity index (χ1) is 8.81. The van der Waals surface area contributed by atoms with Gasteiger partial charge in [0.15, 0.2) is 0 Å². The molecule has 0 saturated heterocycles. The molecule has 2 N–H and O–H groups in total. The highest BCUT2D eigenvalue weighted by atomic mass is 32.1. The Bertz CT molecular complexity index is 410. The first-order valence-electron chi connectivity index (χ1n) is 6.46. The number of nitrogens with one attached hydrogen (secondary N) is 1. The van der Waals surface area contributed by atoms with Crippen LogP contribution in [-0.2, 0) is 6.54 Å². The highest BCUT2D eigenvalue weighted by Gasteiger charge is 2.18. The summed E-state index contributed by atoms with van der Waals surface area (Å²) in [5.41, 5.74) is 1.01. The van der Waals surface area contributed by atoms with E-state index in [1.54, 1.807) is 23.2 Å². The Hall–Kier alpha value is -1.14. The quantitative estimate of drug-likeness (QED) is 0.870. The Morgan fingerprint density at radius 3 is 2.47 bits per heavy atom. The maximum Gasteiger partial charge on any atom is 0.318 e. The summed E-state index contributed by atoms with van der Waals surface area (Å²) in [5.74, 6) is 0. The van der Waals surface area contributed by atoms with Crippen molar-refractivity contribution < 1.29 is 9.90 Å². The summed E-state index contributed by atoms with van der Waals surface area (Å²) in [6, 6.07) is -0.115. The van der Waals surface area contributed by atoms with Gasteiger partial charge in [-0.3, -0.25) is 0 Å². The number of aromatic nitrogens is 1. The maximum absolute atomic E-state index is 12.1. The molecular weight excluding hydrogens is 262 g/mol. The van der Waals surface area contributed by atoms with Crippen LogP contribution in [0.2, 0.25) is 0 Å². The van der Waals surface area contributed by atoms with Gasteiger partial charge in [0.05, 0.1) is 18.3 Å². The van der Waals surface area contributed by atoms with Gasteiger partial charge in [-0.2, -0.15) is 0 Å². The summed E-state index contributed by atoms with van der Waals surface area (Å²) in [6.45, 7) is 10.3. The van der Waals surface area contributed by atoms with E-state index < -0.39 is 6.10 Å². The van der Waals surface area contributed by atoms with E-state index in [1.165, 1.54) is 4.88 Å². The maximum atomic E-state index is 12.1. The average Bonchev–Trinajstić information content (AvgIpc) is 2.62. The van der Waals surface area contributed by atoms with Crippen molar-refractivity contribution >= 4 is 17.4 Å². The molecule has 0 bridgehead atoms. The van der Waals surface area contributed by atoms with Crippen LogP contribution in [0.25, 0.3) is 0 Å². The molecule has 0 saturated carbocycles. The molecule has 0 aromatic carbocycles. The largest absolute Gasteiger partial charge is 0.392 e. The van der Waals surface area contributed by atoms with Gasteiger partial charge < -0.3 is 15.3 Å². The van der Waals surface area contributed by atoms with Gasteiger partial charge in [-0.25, -0.2) is 9.78 Å². The fraction of sp³-hybridized carbons (Fsp3) is 0.692. The molecule has 2 amide bonds. The van der Waals surface area contributed by atoms with Crippen LogP contribution in [-0.4, -0.2) is 39.7 Å². The number of carbonyl (C=O) groups excluding carboxylic acids is 1. The first-order valence-corrected chi connectivity index (χ1v) is 7.28. The van der Waals surface area contributed by atoms with E-state index in [-0.39, 0.29) is 12.1 Å². The topological polar surface area (TPSA) is 65.5 Å². The van der Waals surface area contributed by atoms with Crippen LogP contribution in [0, 0.1) is 13.8 Å². The molecule has 6 heteroatoms. The van der Waals surface area contributed by atoms with E-state index in [2.05, 4.69) is 10.3 Å². The normalized spacial score (nSPS) is 12.6. The van der Waals surface area contributed by atoms with Crippen molar-refractivity contribution in [3.8, 4) is 0 Å². The molecule has 0 aliphatic carbocycles. The van der Waals surface area contributed by atoms with Crippen molar-refractivity contribution in [2.45, 2.75) is 53.3 Å². The molecule has 19 heavy (non-hydrogen) atoms. The summed E-state index contributed by atoms with van der Waals surface area (Å²) in [5, 5.41) is 13.2. The van der Waals surface area contributed by atoms with E-state index in [9.17, 15) is 9.90 Å². The Morgan fingerprint density at radius 2 is 2.05 bits per heavy atom. The molecule has 0 radical (unpaired) electrons. The zero-order valence-corrected chi connectivity index (χ0v) is 13.0. The Labute approximate surface area is 118 Å². The number of hydrogen-bond donors (Lipinski definition) is 2. The smallest absolute Gasteiger partial charge is 0.318 e. The first kappa shape index (κ1) is 15.9. The van der Waals surface area contributed by atoms with Gasteiger partial charge in [0.1, 0.15) is 5.01 Å². The number of nitrogens with zero attached hydrogens (tertiary/aromatic N) is 2. The number of thiazole rings is 1. The number of aliphatic hydroxyl groups excluding tert-OH is 1. The van der Waals surface area contributed by atoms with Gasteiger partial charge in [0, 0.05) is 17.5 Å². The Kier molecular flexibility index (Phi) is 5.75.